The molecule has 1 atom stereocenters. The minimum Gasteiger partial charge on any atom is -0.448 e. The summed E-state index contributed by atoms with van der Waals surface area (Å²) in [6.45, 7) is 3.55. The predicted molar refractivity (Wildman–Crippen MR) is 75.8 cm³/mol. The Kier molecular flexibility index (Phi) is 3.21. The van der Waals surface area contributed by atoms with Crippen molar-refractivity contribution in [1.29, 1.82) is 0 Å². The van der Waals surface area contributed by atoms with E-state index in [1.807, 2.05) is 31.2 Å². The predicted octanol–water partition coefficient (Wildman–Crippen LogP) is 2.79. The van der Waals surface area contributed by atoms with Crippen LogP contribution in [0.3, 0.4) is 0 Å². The first-order valence-electron chi connectivity index (χ1n) is 6.61. The third-order valence-corrected chi connectivity index (χ3v) is 3.15. The van der Waals surface area contributed by atoms with Crippen LogP contribution in [0.15, 0.2) is 34.7 Å². The summed E-state index contributed by atoms with van der Waals surface area (Å²) in [5.74, 6) is -0.0729. The Morgan fingerprint density at radius 2 is 2.14 bits per heavy atom. The van der Waals surface area contributed by atoms with Crippen LogP contribution in [0.2, 0.25) is 0 Å². The van der Waals surface area contributed by atoms with E-state index in [1.165, 1.54) is 4.68 Å². The van der Waals surface area contributed by atoms with Gasteiger partial charge in [-0.1, -0.05) is 12.1 Å². The largest absolute Gasteiger partial charge is 0.448 e. The van der Waals surface area contributed by atoms with Gasteiger partial charge < -0.3 is 9.15 Å². The van der Waals surface area contributed by atoms with Gasteiger partial charge in [-0.3, -0.25) is 4.68 Å². The molecule has 0 spiro atoms. The first-order valence-corrected chi connectivity index (χ1v) is 6.61. The lowest BCUT2D eigenvalue weighted by Gasteiger charge is -2.09. The van der Waals surface area contributed by atoms with Crippen LogP contribution < -0.4 is 0 Å². The smallest absolute Gasteiger partial charge is 0.357 e. The van der Waals surface area contributed by atoms with E-state index in [1.54, 1.807) is 20.0 Å². The summed E-state index contributed by atoms with van der Waals surface area (Å²) in [7, 11) is 1.70. The minimum atomic E-state index is -0.569. The molecule has 0 aliphatic rings. The number of nitrogens with zero attached hydrogens (tertiary/aromatic N) is 3. The second-order valence-electron chi connectivity index (χ2n) is 4.86. The van der Waals surface area contributed by atoms with Crippen molar-refractivity contribution < 1.29 is 13.9 Å². The van der Waals surface area contributed by atoms with Crippen LogP contribution in [0.5, 0.6) is 0 Å². The number of esters is 1. The van der Waals surface area contributed by atoms with Gasteiger partial charge in [-0.2, -0.15) is 5.10 Å². The molecule has 2 aromatic heterocycles. The van der Waals surface area contributed by atoms with Crippen molar-refractivity contribution in [3.05, 3.63) is 47.6 Å². The number of hydrogen-bond acceptors (Lipinski definition) is 5. The second-order valence-corrected chi connectivity index (χ2v) is 4.86. The van der Waals surface area contributed by atoms with Crippen LogP contribution in [0.1, 0.15) is 35.1 Å². The van der Waals surface area contributed by atoms with Gasteiger partial charge in [0.1, 0.15) is 11.2 Å². The average Bonchev–Trinajstić information content (AvgIpc) is 3.01. The fourth-order valence-electron chi connectivity index (χ4n) is 2.14. The van der Waals surface area contributed by atoms with Crippen LogP contribution in [-0.4, -0.2) is 20.7 Å². The third-order valence-electron chi connectivity index (χ3n) is 3.15. The fraction of sp³-hybridized carbons (Fsp3) is 0.267. The molecule has 0 bridgehead atoms. The van der Waals surface area contributed by atoms with Gasteiger partial charge in [0.2, 0.25) is 5.89 Å². The number of aryl methyl sites for hydroxylation is 2. The van der Waals surface area contributed by atoms with Crippen molar-refractivity contribution in [1.82, 2.24) is 14.8 Å². The molecule has 21 heavy (non-hydrogen) atoms. The van der Waals surface area contributed by atoms with Crippen LogP contribution in [0.4, 0.5) is 0 Å². The van der Waals surface area contributed by atoms with E-state index < -0.39 is 12.1 Å². The number of para-hydroxylation sites is 2. The zero-order chi connectivity index (χ0) is 15.0. The lowest BCUT2D eigenvalue weighted by atomic mass is 10.3. The van der Waals surface area contributed by atoms with Crippen molar-refractivity contribution in [2.24, 2.45) is 7.05 Å². The fourth-order valence-corrected chi connectivity index (χ4v) is 2.14. The molecule has 108 valence electrons. The molecule has 0 saturated carbocycles. The lowest BCUT2D eigenvalue weighted by Crippen LogP contribution is -2.13. The zero-order valence-corrected chi connectivity index (χ0v) is 12.0. The molecule has 0 radical (unpaired) electrons. The summed E-state index contributed by atoms with van der Waals surface area (Å²) < 4.78 is 12.5. The SMILES string of the molecule is Cc1cc(C(=O)O[C@@H](C)c2nc3ccccc3o2)n(C)n1. The van der Waals surface area contributed by atoms with E-state index >= 15 is 0 Å². The molecular formula is C15H15N3O3. The number of carbonyl (C=O) groups is 1. The van der Waals surface area contributed by atoms with Crippen molar-refractivity contribution in [2.45, 2.75) is 20.0 Å². The van der Waals surface area contributed by atoms with Crippen LogP contribution in [0, 0.1) is 6.92 Å². The molecule has 0 N–H and O–H groups in total. The molecular weight excluding hydrogens is 270 g/mol. The van der Waals surface area contributed by atoms with Gasteiger partial charge in [-0.15, -0.1) is 0 Å². The van der Waals surface area contributed by atoms with Crippen LogP contribution in [-0.2, 0) is 11.8 Å². The van der Waals surface area contributed by atoms with Crippen molar-refractivity contribution in [3.63, 3.8) is 0 Å². The Bertz CT molecular complexity index is 770. The third kappa shape index (κ3) is 2.52. The molecule has 3 rings (SSSR count). The van der Waals surface area contributed by atoms with Crippen molar-refractivity contribution in [3.8, 4) is 0 Å². The molecule has 6 heteroatoms. The molecule has 2 heterocycles. The monoisotopic (exact) mass is 285 g/mol. The highest BCUT2D eigenvalue weighted by molar-refractivity contribution is 5.87. The normalized spacial score (nSPS) is 12.5. The van der Waals surface area contributed by atoms with Crippen LogP contribution >= 0.6 is 0 Å². The van der Waals surface area contributed by atoms with E-state index in [4.69, 9.17) is 9.15 Å². The van der Waals surface area contributed by atoms with Gasteiger partial charge in [-0.05, 0) is 32.0 Å². The number of carbonyl (C=O) groups excluding carboxylic acids is 1. The Morgan fingerprint density at radius 1 is 1.38 bits per heavy atom. The first kappa shape index (κ1) is 13.4. The highest BCUT2D eigenvalue weighted by Gasteiger charge is 2.21. The van der Waals surface area contributed by atoms with Crippen molar-refractivity contribution in [2.75, 3.05) is 0 Å². The van der Waals surface area contributed by atoms with Gasteiger partial charge in [-0.25, -0.2) is 9.78 Å². The standard InChI is InChI=1S/C15H15N3O3/c1-9-8-12(18(3)17-9)15(19)20-10(2)14-16-11-6-4-5-7-13(11)21-14/h4-8,10H,1-3H3/t10-/m0/s1. The highest BCUT2D eigenvalue weighted by Crippen LogP contribution is 2.23. The molecule has 0 amide bonds. The number of oxazole rings is 1. The number of aromatic nitrogens is 3. The van der Waals surface area contributed by atoms with Gasteiger partial charge in [0.15, 0.2) is 11.7 Å². The average molecular weight is 285 g/mol. The van der Waals surface area contributed by atoms with Gasteiger partial charge in [0.05, 0.1) is 5.69 Å². The summed E-state index contributed by atoms with van der Waals surface area (Å²) in [6, 6.07) is 9.10. The van der Waals surface area contributed by atoms with Gasteiger partial charge >= 0.3 is 5.97 Å². The molecule has 1 aromatic carbocycles. The molecule has 0 aliphatic carbocycles. The van der Waals surface area contributed by atoms with E-state index in [0.717, 1.165) is 11.2 Å². The Labute approximate surface area is 121 Å². The summed E-state index contributed by atoms with van der Waals surface area (Å²) >= 11 is 0. The minimum absolute atomic E-state index is 0.378. The zero-order valence-electron chi connectivity index (χ0n) is 12.0. The lowest BCUT2D eigenvalue weighted by molar-refractivity contribution is 0.0270. The number of hydrogen-bond donors (Lipinski definition) is 0. The molecule has 0 saturated heterocycles. The molecule has 3 aromatic rings. The number of rotatable bonds is 3. The van der Waals surface area contributed by atoms with E-state index in [-0.39, 0.29) is 0 Å². The molecule has 0 fully saturated rings. The molecule has 0 unspecified atom stereocenters. The number of benzene rings is 1. The maximum atomic E-state index is 12.1. The highest BCUT2D eigenvalue weighted by atomic mass is 16.6. The topological polar surface area (TPSA) is 70.2 Å². The number of ether oxygens (including phenoxy) is 1. The van der Waals surface area contributed by atoms with E-state index in [0.29, 0.717) is 17.2 Å². The van der Waals surface area contributed by atoms with Gasteiger partial charge in [0, 0.05) is 7.05 Å². The number of fused-ring (bicyclic) bond motifs is 1. The van der Waals surface area contributed by atoms with Crippen molar-refractivity contribution >= 4 is 17.1 Å². The Balaban J connectivity index is 1.81. The van der Waals surface area contributed by atoms with Gasteiger partial charge in [0.25, 0.3) is 0 Å². The van der Waals surface area contributed by atoms with E-state index in [2.05, 4.69) is 10.1 Å². The summed E-state index contributed by atoms with van der Waals surface area (Å²) in [6.07, 6.45) is -0.569. The Hall–Kier alpha value is -2.63. The maximum Gasteiger partial charge on any atom is 0.357 e. The Morgan fingerprint density at radius 3 is 2.81 bits per heavy atom. The molecule has 0 aliphatic heterocycles. The summed E-state index contributed by atoms with van der Waals surface area (Å²) in [5, 5.41) is 4.12. The maximum absolute atomic E-state index is 12.1. The van der Waals surface area contributed by atoms with E-state index in [9.17, 15) is 4.79 Å². The van der Waals surface area contributed by atoms with Crippen LogP contribution in [0.25, 0.3) is 11.1 Å². The quantitative estimate of drug-likeness (QED) is 0.692. The second kappa shape index (κ2) is 5.05. The first-order chi connectivity index (χ1) is 10.0. The summed E-state index contributed by atoms with van der Waals surface area (Å²) in [4.78, 5) is 16.4. The summed E-state index contributed by atoms with van der Waals surface area (Å²) in [5.41, 5.74) is 2.58. The molecule has 6 nitrogen and oxygen atoms in total.